The zero-order valence-corrected chi connectivity index (χ0v) is 10.9. The molecule has 1 unspecified atom stereocenters. The number of benzene rings is 1. The Bertz CT molecular complexity index is 359. The molecule has 1 aliphatic heterocycles. The number of halogens is 1. The first-order chi connectivity index (χ1) is 8.75. The van der Waals surface area contributed by atoms with Gasteiger partial charge in [-0.3, -0.25) is 0 Å². The van der Waals surface area contributed by atoms with Gasteiger partial charge in [-0.15, -0.1) is 0 Å². The van der Waals surface area contributed by atoms with Gasteiger partial charge in [0.05, 0.1) is 0 Å². The summed E-state index contributed by atoms with van der Waals surface area (Å²) in [6, 6.07) is 6.61. The Labute approximate surface area is 109 Å². The van der Waals surface area contributed by atoms with Crippen molar-refractivity contribution in [1.82, 2.24) is 4.90 Å². The van der Waals surface area contributed by atoms with E-state index in [0.29, 0.717) is 0 Å². The number of hydrogen-bond acceptors (Lipinski definition) is 2. The average molecular weight is 250 g/mol. The maximum Gasteiger partial charge on any atom is 0.123 e. The molecule has 2 rings (SSSR count). The quantitative estimate of drug-likeness (QED) is 0.889. The first kappa shape index (κ1) is 13.5. The van der Waals surface area contributed by atoms with Crippen molar-refractivity contribution in [3.05, 3.63) is 35.6 Å². The Balaban J connectivity index is 1.82. The highest BCUT2D eigenvalue weighted by Crippen LogP contribution is 2.17. The van der Waals surface area contributed by atoms with Gasteiger partial charge in [0, 0.05) is 6.04 Å². The topological polar surface area (TPSA) is 29.3 Å². The molecule has 0 aliphatic carbocycles. The molecule has 0 saturated carbocycles. The van der Waals surface area contributed by atoms with E-state index in [9.17, 15) is 4.39 Å². The smallest absolute Gasteiger partial charge is 0.123 e. The predicted molar refractivity (Wildman–Crippen MR) is 72.9 cm³/mol. The Hall–Kier alpha value is -0.930. The lowest BCUT2D eigenvalue weighted by molar-refractivity contribution is 0.273. The summed E-state index contributed by atoms with van der Waals surface area (Å²) in [6.45, 7) is 3.41. The van der Waals surface area contributed by atoms with Gasteiger partial charge in [-0.2, -0.15) is 0 Å². The first-order valence-corrected chi connectivity index (χ1v) is 6.99. The molecule has 0 radical (unpaired) electrons. The monoisotopic (exact) mass is 250 g/mol. The normalized spacial score (nSPS) is 19.4. The number of hydrogen-bond donors (Lipinski definition) is 1. The van der Waals surface area contributed by atoms with E-state index in [1.165, 1.54) is 44.8 Å². The molecular formula is C15H23FN2. The molecule has 2 nitrogen and oxygen atoms in total. The standard InChI is InChI=1S/C15H23FN2/c16-14-7-5-6-13(12-14)15(17)8-11-18-9-3-1-2-4-10-18/h5-7,12,15H,1-4,8-11,17H2. The molecule has 1 fully saturated rings. The zero-order chi connectivity index (χ0) is 12.8. The molecule has 3 heteroatoms. The number of nitrogens with zero attached hydrogens (tertiary/aromatic N) is 1. The van der Waals surface area contributed by atoms with Crippen LogP contribution < -0.4 is 5.73 Å². The lowest BCUT2D eigenvalue weighted by atomic mass is 10.0. The van der Waals surface area contributed by atoms with Crippen LogP contribution in [0, 0.1) is 5.82 Å². The van der Waals surface area contributed by atoms with E-state index >= 15 is 0 Å². The van der Waals surface area contributed by atoms with E-state index in [1.54, 1.807) is 12.1 Å². The maximum absolute atomic E-state index is 13.1. The van der Waals surface area contributed by atoms with Gasteiger partial charge in [0.15, 0.2) is 0 Å². The summed E-state index contributed by atoms with van der Waals surface area (Å²) in [6.07, 6.45) is 6.22. The van der Waals surface area contributed by atoms with Crippen molar-refractivity contribution in [3.63, 3.8) is 0 Å². The molecule has 2 N–H and O–H groups in total. The highest BCUT2D eigenvalue weighted by atomic mass is 19.1. The number of rotatable bonds is 4. The second kappa shape index (κ2) is 6.86. The van der Waals surface area contributed by atoms with Crippen LogP contribution in [0.2, 0.25) is 0 Å². The van der Waals surface area contributed by atoms with Gasteiger partial charge in [0.25, 0.3) is 0 Å². The SMILES string of the molecule is NC(CCN1CCCCCC1)c1cccc(F)c1. The van der Waals surface area contributed by atoms with E-state index in [0.717, 1.165) is 18.5 Å². The molecule has 100 valence electrons. The molecule has 1 aromatic rings. The summed E-state index contributed by atoms with van der Waals surface area (Å²) in [7, 11) is 0. The summed E-state index contributed by atoms with van der Waals surface area (Å²) in [5.74, 6) is -0.197. The van der Waals surface area contributed by atoms with E-state index < -0.39 is 0 Å². The molecule has 18 heavy (non-hydrogen) atoms. The molecule has 0 amide bonds. The Kier molecular flexibility index (Phi) is 5.14. The second-order valence-electron chi connectivity index (χ2n) is 5.21. The average Bonchev–Trinajstić information content (AvgIpc) is 2.64. The first-order valence-electron chi connectivity index (χ1n) is 6.99. The third-order valence-corrected chi connectivity index (χ3v) is 3.73. The molecule has 1 aromatic carbocycles. The fourth-order valence-corrected chi connectivity index (χ4v) is 2.59. The number of nitrogens with two attached hydrogens (primary N) is 1. The minimum atomic E-state index is -0.197. The van der Waals surface area contributed by atoms with Crippen LogP contribution in [0.25, 0.3) is 0 Å². The maximum atomic E-state index is 13.1. The second-order valence-corrected chi connectivity index (χ2v) is 5.21. The fourth-order valence-electron chi connectivity index (χ4n) is 2.59. The van der Waals surface area contributed by atoms with Gasteiger partial charge in [-0.25, -0.2) is 4.39 Å². The van der Waals surface area contributed by atoms with Crippen molar-refractivity contribution in [2.75, 3.05) is 19.6 Å². The summed E-state index contributed by atoms with van der Waals surface area (Å²) in [5.41, 5.74) is 7.03. The van der Waals surface area contributed by atoms with Gasteiger partial charge in [-0.05, 0) is 56.6 Å². The Morgan fingerprint density at radius 3 is 2.56 bits per heavy atom. The van der Waals surface area contributed by atoms with Crippen LogP contribution in [0.5, 0.6) is 0 Å². The van der Waals surface area contributed by atoms with Gasteiger partial charge in [0.1, 0.15) is 5.82 Å². The molecule has 1 heterocycles. The van der Waals surface area contributed by atoms with Crippen molar-refractivity contribution in [2.45, 2.75) is 38.1 Å². The third kappa shape index (κ3) is 4.07. The lowest BCUT2D eigenvalue weighted by Crippen LogP contribution is -2.28. The molecule has 1 atom stereocenters. The van der Waals surface area contributed by atoms with Crippen LogP contribution in [-0.4, -0.2) is 24.5 Å². The van der Waals surface area contributed by atoms with E-state index in [4.69, 9.17) is 5.73 Å². The number of likely N-dealkylation sites (tertiary alicyclic amines) is 1. The fraction of sp³-hybridized carbons (Fsp3) is 0.600. The van der Waals surface area contributed by atoms with Gasteiger partial charge < -0.3 is 10.6 Å². The van der Waals surface area contributed by atoms with E-state index in [-0.39, 0.29) is 11.9 Å². The Morgan fingerprint density at radius 1 is 1.17 bits per heavy atom. The molecular weight excluding hydrogens is 227 g/mol. The Morgan fingerprint density at radius 2 is 1.89 bits per heavy atom. The summed E-state index contributed by atoms with van der Waals surface area (Å²) < 4.78 is 13.1. The minimum Gasteiger partial charge on any atom is -0.324 e. The van der Waals surface area contributed by atoms with Crippen molar-refractivity contribution in [1.29, 1.82) is 0 Å². The summed E-state index contributed by atoms with van der Waals surface area (Å²) in [4.78, 5) is 2.49. The minimum absolute atomic E-state index is 0.0519. The summed E-state index contributed by atoms with van der Waals surface area (Å²) >= 11 is 0. The van der Waals surface area contributed by atoms with E-state index in [1.807, 2.05) is 6.07 Å². The van der Waals surface area contributed by atoms with Crippen LogP contribution in [0.15, 0.2) is 24.3 Å². The van der Waals surface area contributed by atoms with Gasteiger partial charge in [-0.1, -0.05) is 25.0 Å². The van der Waals surface area contributed by atoms with Crippen LogP contribution >= 0.6 is 0 Å². The lowest BCUT2D eigenvalue weighted by Gasteiger charge is -2.22. The van der Waals surface area contributed by atoms with Crippen LogP contribution in [0.4, 0.5) is 4.39 Å². The van der Waals surface area contributed by atoms with Crippen LogP contribution in [-0.2, 0) is 0 Å². The molecule has 0 spiro atoms. The van der Waals surface area contributed by atoms with E-state index in [2.05, 4.69) is 4.90 Å². The van der Waals surface area contributed by atoms with Crippen molar-refractivity contribution < 1.29 is 4.39 Å². The summed E-state index contributed by atoms with van der Waals surface area (Å²) in [5, 5.41) is 0. The van der Waals surface area contributed by atoms with Crippen molar-refractivity contribution >= 4 is 0 Å². The highest BCUT2D eigenvalue weighted by Gasteiger charge is 2.12. The van der Waals surface area contributed by atoms with Crippen LogP contribution in [0.3, 0.4) is 0 Å². The van der Waals surface area contributed by atoms with Crippen molar-refractivity contribution in [3.8, 4) is 0 Å². The van der Waals surface area contributed by atoms with Crippen LogP contribution in [0.1, 0.15) is 43.7 Å². The predicted octanol–water partition coefficient (Wildman–Crippen LogP) is 3.09. The molecule has 1 aliphatic rings. The molecule has 1 saturated heterocycles. The third-order valence-electron chi connectivity index (χ3n) is 3.73. The zero-order valence-electron chi connectivity index (χ0n) is 10.9. The largest absolute Gasteiger partial charge is 0.324 e. The molecule has 0 aromatic heterocycles. The molecule has 0 bridgehead atoms. The van der Waals surface area contributed by atoms with Gasteiger partial charge in [0.2, 0.25) is 0 Å². The highest BCUT2D eigenvalue weighted by molar-refractivity contribution is 5.19. The van der Waals surface area contributed by atoms with Gasteiger partial charge >= 0.3 is 0 Å². The van der Waals surface area contributed by atoms with Crippen molar-refractivity contribution in [2.24, 2.45) is 5.73 Å².